The van der Waals surface area contributed by atoms with Gasteiger partial charge in [-0.3, -0.25) is 14.4 Å². The average Bonchev–Trinajstić information content (AvgIpc) is 3.29. The van der Waals surface area contributed by atoms with Crippen LogP contribution >= 0.6 is 0 Å². The van der Waals surface area contributed by atoms with Crippen molar-refractivity contribution >= 4 is 17.8 Å². The molecule has 34 heavy (non-hydrogen) atoms. The molecule has 0 aromatic rings. The standard InChI is InChI=1S/C26H42N2O6/c1-5-7-10-14-27(13-6-2)23(31)21-26-17-18(3)25(4,34-26)20(24(32)33)19(26)22(30)28(21)15-11-8-9-12-16-29/h6,18-21,29H,2,5,7-17H2,1,3-4H3,(H,32,33)/t18?,19-,20+,21?,25-,26?/m0/s1. The molecule has 6 atom stereocenters. The second kappa shape index (κ2) is 10.8. The number of rotatable bonds is 14. The lowest BCUT2D eigenvalue weighted by Crippen LogP contribution is -2.56. The molecule has 3 aliphatic rings. The highest BCUT2D eigenvalue weighted by Gasteiger charge is 2.80. The van der Waals surface area contributed by atoms with Gasteiger partial charge in [0.1, 0.15) is 17.6 Å². The predicted molar refractivity (Wildman–Crippen MR) is 128 cm³/mol. The van der Waals surface area contributed by atoms with Gasteiger partial charge < -0.3 is 24.7 Å². The van der Waals surface area contributed by atoms with E-state index in [1.807, 2.05) is 6.92 Å². The highest BCUT2D eigenvalue weighted by atomic mass is 16.5. The monoisotopic (exact) mass is 478 g/mol. The Labute approximate surface area is 203 Å². The SMILES string of the molecule is C=CCN(CCCCC)C(=O)C1N(CCCCCCO)C(=O)[C@@H]2[C@H](C(=O)O)[C@@]3(C)OC12CC3C. The molecule has 3 unspecified atom stereocenters. The molecular weight excluding hydrogens is 436 g/mol. The summed E-state index contributed by atoms with van der Waals surface area (Å²) >= 11 is 0. The van der Waals surface area contributed by atoms with E-state index in [4.69, 9.17) is 9.84 Å². The van der Waals surface area contributed by atoms with Crippen molar-refractivity contribution in [2.75, 3.05) is 26.2 Å². The van der Waals surface area contributed by atoms with E-state index in [-0.39, 0.29) is 24.3 Å². The van der Waals surface area contributed by atoms with Crippen LogP contribution in [-0.2, 0) is 19.1 Å². The van der Waals surface area contributed by atoms with Crippen molar-refractivity contribution in [1.82, 2.24) is 9.80 Å². The number of fused-ring (bicyclic) bond motifs is 1. The van der Waals surface area contributed by atoms with E-state index < -0.39 is 35.0 Å². The summed E-state index contributed by atoms with van der Waals surface area (Å²) in [7, 11) is 0. The Morgan fingerprint density at radius 3 is 2.56 bits per heavy atom. The van der Waals surface area contributed by atoms with Crippen molar-refractivity contribution in [2.24, 2.45) is 17.8 Å². The van der Waals surface area contributed by atoms with Gasteiger partial charge in [-0.15, -0.1) is 6.58 Å². The van der Waals surface area contributed by atoms with Crippen molar-refractivity contribution in [3.63, 3.8) is 0 Å². The predicted octanol–water partition coefficient (Wildman–Crippen LogP) is 2.84. The summed E-state index contributed by atoms with van der Waals surface area (Å²) in [6, 6.07) is -0.821. The Morgan fingerprint density at radius 1 is 1.24 bits per heavy atom. The Kier molecular flexibility index (Phi) is 8.45. The Balaban J connectivity index is 1.96. The quantitative estimate of drug-likeness (QED) is 0.294. The third-order valence-corrected chi connectivity index (χ3v) is 8.31. The lowest BCUT2D eigenvalue weighted by molar-refractivity contribution is -0.157. The van der Waals surface area contributed by atoms with Gasteiger partial charge in [0.2, 0.25) is 11.8 Å². The molecule has 3 saturated heterocycles. The first-order chi connectivity index (χ1) is 16.2. The number of unbranched alkanes of at least 4 members (excludes halogenated alkanes) is 5. The normalized spacial score (nSPS) is 33.9. The van der Waals surface area contributed by atoms with E-state index in [0.29, 0.717) is 38.9 Å². The molecule has 0 aromatic heterocycles. The van der Waals surface area contributed by atoms with Crippen LogP contribution in [0.2, 0.25) is 0 Å². The Bertz CT molecular complexity index is 787. The molecule has 8 heteroatoms. The van der Waals surface area contributed by atoms with Crippen LogP contribution in [-0.4, -0.2) is 81.3 Å². The minimum Gasteiger partial charge on any atom is -0.481 e. The number of aliphatic carboxylic acids is 1. The third-order valence-electron chi connectivity index (χ3n) is 8.31. The minimum absolute atomic E-state index is 0.0783. The Morgan fingerprint density at radius 2 is 1.94 bits per heavy atom. The minimum atomic E-state index is -1.11. The van der Waals surface area contributed by atoms with Gasteiger partial charge in [0.05, 0.1) is 11.5 Å². The number of carboxylic acid groups (broad SMARTS) is 1. The lowest BCUT2D eigenvalue weighted by atomic mass is 9.62. The Hall–Kier alpha value is -1.93. The van der Waals surface area contributed by atoms with Crippen LogP contribution in [0, 0.1) is 17.8 Å². The molecular formula is C26H42N2O6. The maximum atomic E-state index is 14.1. The second-order valence-corrected chi connectivity index (χ2v) is 10.5. The maximum Gasteiger partial charge on any atom is 0.310 e. The molecule has 0 aliphatic carbocycles. The van der Waals surface area contributed by atoms with E-state index in [0.717, 1.165) is 32.1 Å². The van der Waals surface area contributed by atoms with Gasteiger partial charge >= 0.3 is 5.97 Å². The largest absolute Gasteiger partial charge is 0.481 e. The molecule has 0 radical (unpaired) electrons. The van der Waals surface area contributed by atoms with E-state index in [9.17, 15) is 19.5 Å². The molecule has 0 saturated carbocycles. The summed E-state index contributed by atoms with van der Waals surface area (Å²) in [6.45, 7) is 11.2. The zero-order valence-electron chi connectivity index (χ0n) is 21.0. The summed E-state index contributed by atoms with van der Waals surface area (Å²) in [5.41, 5.74) is -2.08. The molecule has 192 valence electrons. The smallest absolute Gasteiger partial charge is 0.310 e. The summed E-state index contributed by atoms with van der Waals surface area (Å²) < 4.78 is 6.54. The number of aliphatic hydroxyl groups is 1. The number of amides is 2. The van der Waals surface area contributed by atoms with Gasteiger partial charge in [-0.2, -0.15) is 0 Å². The van der Waals surface area contributed by atoms with Crippen molar-refractivity contribution in [3.05, 3.63) is 12.7 Å². The lowest BCUT2D eigenvalue weighted by Gasteiger charge is -2.37. The molecule has 2 N–H and O–H groups in total. The van der Waals surface area contributed by atoms with Crippen LogP contribution in [0.3, 0.4) is 0 Å². The van der Waals surface area contributed by atoms with E-state index in [1.165, 1.54) is 0 Å². The van der Waals surface area contributed by atoms with Crippen LogP contribution in [0.15, 0.2) is 12.7 Å². The van der Waals surface area contributed by atoms with Crippen LogP contribution in [0.25, 0.3) is 0 Å². The van der Waals surface area contributed by atoms with E-state index in [2.05, 4.69) is 13.5 Å². The molecule has 3 heterocycles. The van der Waals surface area contributed by atoms with Crippen molar-refractivity contribution in [2.45, 2.75) is 89.4 Å². The number of nitrogens with zero attached hydrogens (tertiary/aromatic N) is 2. The van der Waals surface area contributed by atoms with Crippen molar-refractivity contribution < 1.29 is 29.3 Å². The number of carbonyl (C=O) groups is 3. The first-order valence-corrected chi connectivity index (χ1v) is 12.9. The van der Waals surface area contributed by atoms with Crippen LogP contribution in [0.4, 0.5) is 0 Å². The fraction of sp³-hybridized carbons (Fsp3) is 0.808. The molecule has 8 nitrogen and oxygen atoms in total. The number of likely N-dealkylation sites (tertiary alicyclic amines) is 1. The summed E-state index contributed by atoms with van der Waals surface area (Å²) in [4.78, 5) is 43.6. The molecule has 2 amide bonds. The summed E-state index contributed by atoms with van der Waals surface area (Å²) in [6.07, 6.45) is 8.16. The zero-order chi connectivity index (χ0) is 25.1. The molecule has 3 fully saturated rings. The van der Waals surface area contributed by atoms with Gasteiger partial charge in [-0.05, 0) is 38.5 Å². The fourth-order valence-corrected chi connectivity index (χ4v) is 6.55. The van der Waals surface area contributed by atoms with Crippen molar-refractivity contribution in [1.29, 1.82) is 0 Å². The highest BCUT2D eigenvalue weighted by Crippen LogP contribution is 2.65. The first-order valence-electron chi connectivity index (χ1n) is 12.9. The van der Waals surface area contributed by atoms with Gasteiger partial charge in [0, 0.05) is 26.2 Å². The topological polar surface area (TPSA) is 107 Å². The summed E-state index contributed by atoms with van der Waals surface area (Å²) in [5, 5.41) is 19.2. The zero-order valence-corrected chi connectivity index (χ0v) is 21.0. The number of ether oxygens (including phenoxy) is 1. The molecule has 0 aromatic carbocycles. The first kappa shape index (κ1) is 26.7. The fourth-order valence-electron chi connectivity index (χ4n) is 6.55. The molecule has 2 bridgehead atoms. The molecule has 1 spiro atoms. The third kappa shape index (κ3) is 4.39. The average molecular weight is 479 g/mol. The second-order valence-electron chi connectivity index (χ2n) is 10.5. The van der Waals surface area contributed by atoms with Gasteiger partial charge in [-0.25, -0.2) is 0 Å². The number of aliphatic hydroxyl groups excluding tert-OH is 1. The van der Waals surface area contributed by atoms with Gasteiger partial charge in [-0.1, -0.05) is 45.6 Å². The van der Waals surface area contributed by atoms with Gasteiger partial charge in [0.25, 0.3) is 0 Å². The van der Waals surface area contributed by atoms with E-state index in [1.54, 1.807) is 22.8 Å². The number of carboxylic acids is 1. The van der Waals surface area contributed by atoms with Crippen LogP contribution in [0.5, 0.6) is 0 Å². The number of hydrogen-bond donors (Lipinski definition) is 2. The maximum absolute atomic E-state index is 14.1. The van der Waals surface area contributed by atoms with Crippen LogP contribution < -0.4 is 0 Å². The van der Waals surface area contributed by atoms with E-state index >= 15 is 0 Å². The van der Waals surface area contributed by atoms with Gasteiger partial charge in [0.15, 0.2) is 0 Å². The van der Waals surface area contributed by atoms with Crippen molar-refractivity contribution in [3.8, 4) is 0 Å². The highest BCUT2D eigenvalue weighted by molar-refractivity contribution is 5.98. The van der Waals surface area contributed by atoms with Crippen LogP contribution in [0.1, 0.15) is 72.1 Å². The number of carbonyl (C=O) groups excluding carboxylic acids is 2. The number of hydrogen-bond acceptors (Lipinski definition) is 5. The summed E-state index contributed by atoms with van der Waals surface area (Å²) in [5.74, 6) is -3.35. The molecule has 3 aliphatic heterocycles. The molecule has 3 rings (SSSR count).